The van der Waals surface area contributed by atoms with Crippen LogP contribution in [0.15, 0.2) is 72.8 Å². The van der Waals surface area contributed by atoms with Crippen molar-refractivity contribution in [2.75, 3.05) is 11.4 Å². The van der Waals surface area contributed by atoms with Gasteiger partial charge in [0.15, 0.2) is 0 Å². The quantitative estimate of drug-likeness (QED) is 0.752. The van der Waals surface area contributed by atoms with Crippen molar-refractivity contribution in [1.29, 1.82) is 0 Å². The molecule has 3 aromatic rings. The molecule has 0 radical (unpaired) electrons. The summed E-state index contributed by atoms with van der Waals surface area (Å²) in [6.07, 6.45) is 0.824. The van der Waals surface area contributed by atoms with Gasteiger partial charge in [-0.1, -0.05) is 42.5 Å². The van der Waals surface area contributed by atoms with E-state index >= 15 is 0 Å². The fourth-order valence-electron chi connectivity index (χ4n) is 3.42. The Morgan fingerprint density at radius 2 is 1.68 bits per heavy atom. The summed E-state index contributed by atoms with van der Waals surface area (Å²) >= 11 is 0. The van der Waals surface area contributed by atoms with Gasteiger partial charge in [-0.15, -0.1) is 0 Å². The van der Waals surface area contributed by atoms with Gasteiger partial charge in [-0.2, -0.15) is 0 Å². The fourth-order valence-corrected chi connectivity index (χ4v) is 3.42. The third-order valence-corrected chi connectivity index (χ3v) is 4.90. The second-order valence-electron chi connectivity index (χ2n) is 6.69. The van der Waals surface area contributed by atoms with Crippen molar-refractivity contribution in [3.05, 3.63) is 101 Å². The largest absolute Gasteiger partial charge is 0.348 e. The molecule has 1 heterocycles. The molecule has 0 saturated heterocycles. The number of para-hydroxylation sites is 1. The third kappa shape index (κ3) is 3.51. The molecule has 4 nitrogen and oxygen atoms in total. The number of carbonyl (C=O) groups is 2. The summed E-state index contributed by atoms with van der Waals surface area (Å²) in [4.78, 5) is 27.2. The molecule has 0 unspecified atom stereocenters. The number of carbonyl (C=O) groups excluding carboxylic acids is 2. The standard InChI is InChI=1S/C23H19FN2O2/c24-20-10-3-1-7-19(20)15-25-22(27)17-8-5-9-18(14-17)23(28)26-13-12-16-6-2-4-11-21(16)26/h1-11,14H,12-13,15H2,(H,25,27). The lowest BCUT2D eigenvalue weighted by Gasteiger charge is -2.17. The summed E-state index contributed by atoms with van der Waals surface area (Å²) in [6, 6.07) is 20.8. The van der Waals surface area contributed by atoms with Gasteiger partial charge in [0.2, 0.25) is 0 Å². The van der Waals surface area contributed by atoms with E-state index in [0.29, 0.717) is 23.2 Å². The van der Waals surface area contributed by atoms with Crippen LogP contribution in [0.3, 0.4) is 0 Å². The Kier molecular flexibility index (Phi) is 4.89. The van der Waals surface area contributed by atoms with Crippen LogP contribution in [0.5, 0.6) is 0 Å². The predicted molar refractivity (Wildman–Crippen MR) is 106 cm³/mol. The average molecular weight is 374 g/mol. The molecule has 3 aromatic carbocycles. The maximum absolute atomic E-state index is 13.7. The molecule has 0 aliphatic carbocycles. The molecule has 1 aliphatic rings. The van der Waals surface area contributed by atoms with Crippen LogP contribution in [0.2, 0.25) is 0 Å². The minimum absolute atomic E-state index is 0.0865. The highest BCUT2D eigenvalue weighted by molar-refractivity contribution is 6.08. The molecule has 0 saturated carbocycles. The molecule has 4 rings (SSSR count). The predicted octanol–water partition coefficient (Wildman–Crippen LogP) is 3.96. The van der Waals surface area contributed by atoms with Crippen LogP contribution in [0.1, 0.15) is 31.8 Å². The van der Waals surface area contributed by atoms with Crippen molar-refractivity contribution in [3.8, 4) is 0 Å². The van der Waals surface area contributed by atoms with Crippen LogP contribution in [-0.2, 0) is 13.0 Å². The number of halogens is 1. The van der Waals surface area contributed by atoms with Gasteiger partial charge < -0.3 is 10.2 Å². The van der Waals surface area contributed by atoms with Crippen LogP contribution in [0, 0.1) is 5.82 Å². The molecule has 2 amide bonds. The molecule has 0 fully saturated rings. The lowest BCUT2D eigenvalue weighted by Crippen LogP contribution is -2.29. The Bertz CT molecular complexity index is 1050. The highest BCUT2D eigenvalue weighted by Gasteiger charge is 2.25. The Balaban J connectivity index is 1.49. The van der Waals surface area contributed by atoms with Crippen LogP contribution >= 0.6 is 0 Å². The van der Waals surface area contributed by atoms with Crippen LogP contribution in [0.25, 0.3) is 0 Å². The molecule has 0 bridgehead atoms. The van der Waals surface area contributed by atoms with Gasteiger partial charge in [0, 0.05) is 35.5 Å². The first-order valence-electron chi connectivity index (χ1n) is 9.15. The normalized spacial score (nSPS) is 12.5. The zero-order chi connectivity index (χ0) is 19.5. The van der Waals surface area contributed by atoms with Gasteiger partial charge in [-0.25, -0.2) is 4.39 Å². The fraction of sp³-hybridized carbons (Fsp3) is 0.130. The maximum atomic E-state index is 13.7. The minimum Gasteiger partial charge on any atom is -0.348 e. The van der Waals surface area contributed by atoms with E-state index in [1.807, 2.05) is 24.3 Å². The van der Waals surface area contributed by atoms with E-state index in [4.69, 9.17) is 0 Å². The summed E-state index contributed by atoms with van der Waals surface area (Å²) in [5.41, 5.74) is 3.30. The zero-order valence-electron chi connectivity index (χ0n) is 15.2. The molecule has 5 heteroatoms. The Labute approximate surface area is 162 Å². The Hall–Kier alpha value is -3.47. The molecule has 140 valence electrons. The van der Waals surface area contributed by atoms with E-state index in [1.54, 1.807) is 47.4 Å². The molecule has 0 aromatic heterocycles. The van der Waals surface area contributed by atoms with E-state index in [9.17, 15) is 14.0 Å². The number of rotatable bonds is 4. The number of hydrogen-bond acceptors (Lipinski definition) is 2. The van der Waals surface area contributed by atoms with Crippen LogP contribution in [-0.4, -0.2) is 18.4 Å². The van der Waals surface area contributed by atoms with E-state index in [-0.39, 0.29) is 24.2 Å². The topological polar surface area (TPSA) is 49.4 Å². The first-order chi connectivity index (χ1) is 13.6. The van der Waals surface area contributed by atoms with Gasteiger partial charge in [0.05, 0.1) is 0 Å². The lowest BCUT2D eigenvalue weighted by atomic mass is 10.1. The van der Waals surface area contributed by atoms with Gasteiger partial charge in [-0.3, -0.25) is 9.59 Å². The number of benzene rings is 3. The number of nitrogens with one attached hydrogen (secondary N) is 1. The lowest BCUT2D eigenvalue weighted by molar-refractivity contribution is 0.0950. The van der Waals surface area contributed by atoms with Gasteiger partial charge >= 0.3 is 0 Å². The first kappa shape index (κ1) is 17.9. The van der Waals surface area contributed by atoms with E-state index in [1.165, 1.54) is 6.07 Å². The number of fused-ring (bicyclic) bond motifs is 1. The molecule has 1 aliphatic heterocycles. The molecular weight excluding hydrogens is 355 g/mol. The molecular formula is C23H19FN2O2. The van der Waals surface area contributed by atoms with Crippen molar-refractivity contribution < 1.29 is 14.0 Å². The number of nitrogens with zero attached hydrogens (tertiary/aromatic N) is 1. The van der Waals surface area contributed by atoms with Crippen LogP contribution < -0.4 is 10.2 Å². The highest BCUT2D eigenvalue weighted by atomic mass is 19.1. The van der Waals surface area contributed by atoms with Crippen molar-refractivity contribution in [1.82, 2.24) is 5.32 Å². The van der Waals surface area contributed by atoms with Crippen molar-refractivity contribution >= 4 is 17.5 Å². The second-order valence-corrected chi connectivity index (χ2v) is 6.69. The SMILES string of the molecule is O=C(NCc1ccccc1F)c1cccc(C(=O)N2CCc3ccccc32)c1. The molecule has 0 spiro atoms. The highest BCUT2D eigenvalue weighted by Crippen LogP contribution is 2.28. The van der Waals surface area contributed by atoms with Crippen molar-refractivity contribution in [2.45, 2.75) is 13.0 Å². The van der Waals surface area contributed by atoms with E-state index < -0.39 is 0 Å². The summed E-state index contributed by atoms with van der Waals surface area (Å²) in [5, 5.41) is 2.70. The summed E-state index contributed by atoms with van der Waals surface area (Å²) in [7, 11) is 0. The van der Waals surface area contributed by atoms with Crippen molar-refractivity contribution in [3.63, 3.8) is 0 Å². The zero-order valence-corrected chi connectivity index (χ0v) is 15.2. The first-order valence-corrected chi connectivity index (χ1v) is 9.15. The number of amides is 2. The third-order valence-electron chi connectivity index (χ3n) is 4.90. The van der Waals surface area contributed by atoms with Crippen molar-refractivity contribution in [2.24, 2.45) is 0 Å². The summed E-state index contributed by atoms with van der Waals surface area (Å²) in [5.74, 6) is -0.840. The average Bonchev–Trinajstić information content (AvgIpc) is 3.16. The second kappa shape index (κ2) is 7.64. The van der Waals surface area contributed by atoms with Crippen LogP contribution in [0.4, 0.5) is 10.1 Å². The maximum Gasteiger partial charge on any atom is 0.258 e. The van der Waals surface area contributed by atoms with Gasteiger partial charge in [0.25, 0.3) is 11.8 Å². The molecule has 28 heavy (non-hydrogen) atoms. The minimum atomic E-state index is -0.362. The molecule has 0 atom stereocenters. The van der Waals surface area contributed by atoms with E-state index in [2.05, 4.69) is 5.32 Å². The number of anilines is 1. The number of hydrogen-bond donors (Lipinski definition) is 1. The van der Waals surface area contributed by atoms with Gasteiger partial charge in [0.1, 0.15) is 5.82 Å². The smallest absolute Gasteiger partial charge is 0.258 e. The molecule has 1 N–H and O–H groups in total. The van der Waals surface area contributed by atoms with Gasteiger partial charge in [-0.05, 0) is 42.3 Å². The summed E-state index contributed by atoms with van der Waals surface area (Å²) < 4.78 is 13.7. The monoisotopic (exact) mass is 374 g/mol. The Morgan fingerprint density at radius 3 is 2.54 bits per heavy atom. The summed E-state index contributed by atoms with van der Waals surface area (Å²) in [6.45, 7) is 0.713. The van der Waals surface area contributed by atoms with E-state index in [0.717, 1.165) is 17.7 Å². The Morgan fingerprint density at radius 1 is 0.929 bits per heavy atom.